The maximum Gasteiger partial charge on any atom is 0.123 e. The van der Waals surface area contributed by atoms with Gasteiger partial charge in [0.2, 0.25) is 0 Å². The summed E-state index contributed by atoms with van der Waals surface area (Å²) >= 11 is 0. The molecule has 0 radical (unpaired) electrons. The standard InChI is InChI=1S/C12H13FN2O/c13-10-3-1-9(2-4-10)7-11(16)8-12-14-5-6-15-12/h1-6,11,16H,7-8H2,(H,14,15). The van der Waals surface area contributed by atoms with Gasteiger partial charge >= 0.3 is 0 Å². The summed E-state index contributed by atoms with van der Waals surface area (Å²) < 4.78 is 12.7. The molecular weight excluding hydrogens is 207 g/mol. The van der Waals surface area contributed by atoms with Crippen LogP contribution in [0.3, 0.4) is 0 Å². The Morgan fingerprint density at radius 1 is 1.25 bits per heavy atom. The van der Waals surface area contributed by atoms with Crippen molar-refractivity contribution in [3.63, 3.8) is 0 Å². The van der Waals surface area contributed by atoms with E-state index in [9.17, 15) is 9.50 Å². The molecule has 0 saturated carbocycles. The Morgan fingerprint density at radius 3 is 2.62 bits per heavy atom. The number of rotatable bonds is 4. The van der Waals surface area contributed by atoms with Crippen LogP contribution in [0.25, 0.3) is 0 Å². The summed E-state index contributed by atoms with van der Waals surface area (Å²) in [6, 6.07) is 6.16. The number of aliphatic hydroxyl groups excluding tert-OH is 1. The number of aliphatic hydroxyl groups is 1. The molecule has 0 aliphatic carbocycles. The smallest absolute Gasteiger partial charge is 0.123 e. The molecule has 1 aromatic carbocycles. The van der Waals surface area contributed by atoms with E-state index in [4.69, 9.17) is 0 Å². The predicted molar refractivity (Wildman–Crippen MR) is 58.4 cm³/mol. The topological polar surface area (TPSA) is 48.9 Å². The van der Waals surface area contributed by atoms with E-state index in [2.05, 4.69) is 9.97 Å². The van der Waals surface area contributed by atoms with E-state index in [1.165, 1.54) is 12.1 Å². The molecule has 1 unspecified atom stereocenters. The van der Waals surface area contributed by atoms with Gasteiger partial charge in [-0.1, -0.05) is 12.1 Å². The summed E-state index contributed by atoms with van der Waals surface area (Å²) in [6.45, 7) is 0. The van der Waals surface area contributed by atoms with Gasteiger partial charge in [-0.25, -0.2) is 9.37 Å². The molecule has 16 heavy (non-hydrogen) atoms. The fraction of sp³-hybridized carbons (Fsp3) is 0.250. The number of nitrogens with one attached hydrogen (secondary N) is 1. The van der Waals surface area contributed by atoms with Crippen LogP contribution in [0.5, 0.6) is 0 Å². The molecule has 4 heteroatoms. The number of aromatic amines is 1. The second kappa shape index (κ2) is 4.90. The zero-order chi connectivity index (χ0) is 11.4. The van der Waals surface area contributed by atoms with E-state index in [1.807, 2.05) is 0 Å². The van der Waals surface area contributed by atoms with Crippen LogP contribution in [0.4, 0.5) is 4.39 Å². The van der Waals surface area contributed by atoms with Crippen molar-refractivity contribution in [3.8, 4) is 0 Å². The SMILES string of the molecule is OC(Cc1ccc(F)cc1)Cc1ncc[nH]1. The number of imidazole rings is 1. The molecule has 0 fully saturated rings. The highest BCUT2D eigenvalue weighted by Crippen LogP contribution is 2.08. The monoisotopic (exact) mass is 220 g/mol. The molecule has 2 N–H and O–H groups in total. The third kappa shape index (κ3) is 2.90. The zero-order valence-electron chi connectivity index (χ0n) is 8.73. The average molecular weight is 220 g/mol. The molecule has 2 aromatic rings. The summed E-state index contributed by atoms with van der Waals surface area (Å²) in [4.78, 5) is 6.97. The summed E-state index contributed by atoms with van der Waals surface area (Å²) in [7, 11) is 0. The quantitative estimate of drug-likeness (QED) is 0.823. The lowest BCUT2D eigenvalue weighted by atomic mass is 10.1. The highest BCUT2D eigenvalue weighted by molar-refractivity contribution is 5.17. The van der Waals surface area contributed by atoms with E-state index in [0.717, 1.165) is 11.4 Å². The molecule has 3 nitrogen and oxygen atoms in total. The summed E-state index contributed by atoms with van der Waals surface area (Å²) in [6.07, 6.45) is 3.85. The lowest BCUT2D eigenvalue weighted by molar-refractivity contribution is 0.173. The second-order valence-corrected chi connectivity index (χ2v) is 3.72. The molecule has 0 amide bonds. The van der Waals surface area contributed by atoms with Gasteiger partial charge in [0.05, 0.1) is 6.10 Å². The number of benzene rings is 1. The van der Waals surface area contributed by atoms with Crippen molar-refractivity contribution in [2.75, 3.05) is 0 Å². The van der Waals surface area contributed by atoms with Crippen molar-refractivity contribution >= 4 is 0 Å². The lowest BCUT2D eigenvalue weighted by Crippen LogP contribution is -2.14. The van der Waals surface area contributed by atoms with Crippen molar-refractivity contribution in [1.82, 2.24) is 9.97 Å². The minimum atomic E-state index is -0.503. The number of hydrogen-bond donors (Lipinski definition) is 2. The lowest BCUT2D eigenvalue weighted by Gasteiger charge is -2.08. The Balaban J connectivity index is 1.92. The zero-order valence-corrected chi connectivity index (χ0v) is 8.73. The van der Waals surface area contributed by atoms with Crippen LogP contribution in [-0.2, 0) is 12.8 Å². The van der Waals surface area contributed by atoms with Gasteiger partial charge in [0.25, 0.3) is 0 Å². The molecule has 1 heterocycles. The van der Waals surface area contributed by atoms with Gasteiger partial charge in [-0.3, -0.25) is 0 Å². The maximum absolute atomic E-state index is 12.7. The minimum Gasteiger partial charge on any atom is -0.392 e. The van der Waals surface area contributed by atoms with Crippen LogP contribution in [0.1, 0.15) is 11.4 Å². The van der Waals surface area contributed by atoms with Gasteiger partial charge < -0.3 is 10.1 Å². The number of nitrogens with zero attached hydrogens (tertiary/aromatic N) is 1. The largest absolute Gasteiger partial charge is 0.392 e. The number of halogens is 1. The summed E-state index contributed by atoms with van der Waals surface area (Å²) in [5.74, 6) is 0.499. The Kier molecular flexibility index (Phi) is 3.31. The first kappa shape index (κ1) is 10.8. The Labute approximate surface area is 93.0 Å². The fourth-order valence-corrected chi connectivity index (χ4v) is 1.60. The molecule has 0 aliphatic rings. The summed E-state index contributed by atoms with van der Waals surface area (Å²) in [5, 5.41) is 9.79. The molecule has 2 rings (SSSR count). The molecule has 0 bridgehead atoms. The maximum atomic E-state index is 12.7. The molecule has 84 valence electrons. The second-order valence-electron chi connectivity index (χ2n) is 3.72. The minimum absolute atomic E-state index is 0.260. The predicted octanol–water partition coefficient (Wildman–Crippen LogP) is 1.69. The van der Waals surface area contributed by atoms with E-state index in [-0.39, 0.29) is 5.82 Å². The Hall–Kier alpha value is -1.68. The van der Waals surface area contributed by atoms with Gasteiger partial charge in [-0.05, 0) is 24.1 Å². The number of hydrogen-bond acceptors (Lipinski definition) is 2. The first-order chi connectivity index (χ1) is 7.74. The molecular formula is C12H13FN2O. The van der Waals surface area contributed by atoms with E-state index in [0.29, 0.717) is 12.8 Å². The van der Waals surface area contributed by atoms with Crippen molar-refractivity contribution in [2.24, 2.45) is 0 Å². The first-order valence-corrected chi connectivity index (χ1v) is 5.15. The van der Waals surface area contributed by atoms with E-state index in [1.54, 1.807) is 24.5 Å². The van der Waals surface area contributed by atoms with Crippen molar-refractivity contribution < 1.29 is 9.50 Å². The van der Waals surface area contributed by atoms with Crippen molar-refractivity contribution in [3.05, 3.63) is 53.9 Å². The van der Waals surface area contributed by atoms with Crippen LogP contribution in [0.15, 0.2) is 36.7 Å². The van der Waals surface area contributed by atoms with Gasteiger partial charge in [0.15, 0.2) is 0 Å². The molecule has 0 saturated heterocycles. The van der Waals surface area contributed by atoms with Crippen molar-refractivity contribution in [2.45, 2.75) is 18.9 Å². The Morgan fingerprint density at radius 2 is 2.00 bits per heavy atom. The normalized spacial score (nSPS) is 12.6. The average Bonchev–Trinajstić information content (AvgIpc) is 2.74. The van der Waals surface area contributed by atoms with Crippen molar-refractivity contribution in [1.29, 1.82) is 0 Å². The van der Waals surface area contributed by atoms with Gasteiger partial charge in [0, 0.05) is 18.8 Å². The molecule has 1 atom stereocenters. The number of aromatic nitrogens is 2. The highest BCUT2D eigenvalue weighted by atomic mass is 19.1. The molecule has 0 spiro atoms. The van der Waals surface area contributed by atoms with Gasteiger partial charge in [-0.15, -0.1) is 0 Å². The summed E-state index contributed by atoms with van der Waals surface area (Å²) in [5.41, 5.74) is 0.917. The fourth-order valence-electron chi connectivity index (χ4n) is 1.60. The molecule has 0 aliphatic heterocycles. The van der Waals surface area contributed by atoms with Gasteiger partial charge in [-0.2, -0.15) is 0 Å². The Bertz CT molecular complexity index is 425. The van der Waals surface area contributed by atoms with Crippen LogP contribution in [0, 0.1) is 5.82 Å². The van der Waals surface area contributed by atoms with E-state index < -0.39 is 6.10 Å². The third-order valence-corrected chi connectivity index (χ3v) is 2.37. The third-order valence-electron chi connectivity index (χ3n) is 2.37. The number of H-pyrrole nitrogens is 1. The molecule has 1 aromatic heterocycles. The van der Waals surface area contributed by atoms with Crippen LogP contribution < -0.4 is 0 Å². The highest BCUT2D eigenvalue weighted by Gasteiger charge is 2.08. The van der Waals surface area contributed by atoms with Gasteiger partial charge in [0.1, 0.15) is 11.6 Å². The van der Waals surface area contributed by atoms with Crippen LogP contribution in [-0.4, -0.2) is 21.2 Å². The van der Waals surface area contributed by atoms with Crippen LogP contribution in [0.2, 0.25) is 0 Å². The van der Waals surface area contributed by atoms with Crippen LogP contribution >= 0.6 is 0 Å². The first-order valence-electron chi connectivity index (χ1n) is 5.15. The van der Waals surface area contributed by atoms with E-state index >= 15 is 0 Å².